The van der Waals surface area contributed by atoms with Crippen molar-refractivity contribution >= 4 is 23.2 Å². The molecule has 0 aliphatic carbocycles. The monoisotopic (exact) mass is 417 g/mol. The zero-order chi connectivity index (χ0) is 22.3. The normalized spacial score (nSPS) is 10.8. The highest BCUT2D eigenvalue weighted by Crippen LogP contribution is 2.22. The van der Waals surface area contributed by atoms with E-state index in [0.717, 1.165) is 11.4 Å². The molecule has 0 unspecified atom stereocenters. The molecule has 6 nitrogen and oxygen atoms in total. The maximum absolute atomic E-state index is 12.3. The summed E-state index contributed by atoms with van der Waals surface area (Å²) in [6.45, 7) is 5.85. The summed E-state index contributed by atoms with van der Waals surface area (Å²) in [7, 11) is 0. The van der Waals surface area contributed by atoms with Gasteiger partial charge in [0.15, 0.2) is 0 Å². The predicted octanol–water partition coefficient (Wildman–Crippen LogP) is 5.06. The van der Waals surface area contributed by atoms with Gasteiger partial charge in [0.2, 0.25) is 5.91 Å². The maximum atomic E-state index is 12.3. The van der Waals surface area contributed by atoms with E-state index in [1.165, 1.54) is 0 Å². The van der Waals surface area contributed by atoms with Crippen molar-refractivity contribution in [3.05, 3.63) is 84.4 Å². The van der Waals surface area contributed by atoms with Gasteiger partial charge < -0.3 is 20.7 Å². The van der Waals surface area contributed by atoms with Gasteiger partial charge in [-0.2, -0.15) is 0 Å². The highest BCUT2D eigenvalue weighted by atomic mass is 16.5. The number of nitrogens with one attached hydrogen (secondary N) is 3. The first kappa shape index (κ1) is 21.9. The van der Waals surface area contributed by atoms with Gasteiger partial charge in [0.25, 0.3) is 5.91 Å². The molecule has 160 valence electrons. The van der Waals surface area contributed by atoms with Crippen molar-refractivity contribution < 1.29 is 14.3 Å². The molecular weight excluding hydrogens is 390 g/mol. The Bertz CT molecular complexity index is 1030. The molecule has 3 aromatic carbocycles. The van der Waals surface area contributed by atoms with Crippen LogP contribution < -0.4 is 20.7 Å². The Morgan fingerprint density at radius 1 is 0.806 bits per heavy atom. The topological polar surface area (TPSA) is 79.5 Å². The smallest absolute Gasteiger partial charge is 0.251 e. The SMILES string of the molecule is CC(C)(C)NC(=O)c1cccc(NC(=O)CNc2ccc(Oc3ccccc3)cc2)c1. The fourth-order valence-corrected chi connectivity index (χ4v) is 2.80. The number of amides is 2. The minimum Gasteiger partial charge on any atom is -0.457 e. The van der Waals surface area contributed by atoms with Crippen LogP contribution in [-0.2, 0) is 4.79 Å². The minimum absolute atomic E-state index is 0.0945. The Labute approximate surface area is 182 Å². The molecule has 0 atom stereocenters. The van der Waals surface area contributed by atoms with Crippen LogP contribution in [0.2, 0.25) is 0 Å². The lowest BCUT2D eigenvalue weighted by Crippen LogP contribution is -2.40. The number of benzene rings is 3. The fourth-order valence-electron chi connectivity index (χ4n) is 2.80. The van der Waals surface area contributed by atoms with E-state index in [-0.39, 0.29) is 23.9 Å². The van der Waals surface area contributed by atoms with Crippen LogP contribution in [0, 0.1) is 0 Å². The molecule has 0 fully saturated rings. The standard InChI is InChI=1S/C25H27N3O3/c1-25(2,3)28-24(30)18-8-7-9-20(16-18)27-23(29)17-26-19-12-14-22(15-13-19)31-21-10-5-4-6-11-21/h4-16,26H,17H2,1-3H3,(H,27,29)(H,28,30). The van der Waals surface area contributed by atoms with Gasteiger partial charge in [-0.15, -0.1) is 0 Å². The molecule has 0 saturated heterocycles. The van der Waals surface area contributed by atoms with Gasteiger partial charge in [0, 0.05) is 22.5 Å². The lowest BCUT2D eigenvalue weighted by atomic mass is 10.1. The number of anilines is 2. The molecule has 0 aliphatic heterocycles. The number of carbonyl (C=O) groups is 2. The van der Waals surface area contributed by atoms with Gasteiger partial charge in [-0.1, -0.05) is 24.3 Å². The Morgan fingerprint density at radius 2 is 1.48 bits per heavy atom. The molecular formula is C25H27N3O3. The first-order valence-electron chi connectivity index (χ1n) is 10.1. The summed E-state index contributed by atoms with van der Waals surface area (Å²) in [5.41, 5.74) is 1.53. The van der Waals surface area contributed by atoms with Gasteiger partial charge in [-0.05, 0) is 75.4 Å². The van der Waals surface area contributed by atoms with Crippen molar-refractivity contribution in [3.63, 3.8) is 0 Å². The molecule has 6 heteroatoms. The Balaban J connectivity index is 1.51. The lowest BCUT2D eigenvalue weighted by molar-refractivity contribution is -0.114. The zero-order valence-corrected chi connectivity index (χ0v) is 17.9. The predicted molar refractivity (Wildman–Crippen MR) is 124 cm³/mol. The van der Waals surface area contributed by atoms with Crippen molar-refractivity contribution in [2.24, 2.45) is 0 Å². The number of rotatable bonds is 7. The van der Waals surface area contributed by atoms with E-state index in [1.807, 2.05) is 75.4 Å². The van der Waals surface area contributed by atoms with Gasteiger partial charge >= 0.3 is 0 Å². The van der Waals surface area contributed by atoms with Crippen LogP contribution in [0.15, 0.2) is 78.9 Å². The lowest BCUT2D eigenvalue weighted by Gasteiger charge is -2.20. The average molecular weight is 418 g/mol. The third-order valence-corrected chi connectivity index (χ3v) is 4.18. The van der Waals surface area contributed by atoms with Gasteiger partial charge in [0.05, 0.1) is 6.54 Å². The third-order valence-electron chi connectivity index (χ3n) is 4.18. The summed E-state index contributed by atoms with van der Waals surface area (Å²) in [5, 5.41) is 8.79. The highest BCUT2D eigenvalue weighted by molar-refractivity contribution is 5.98. The number of carbonyl (C=O) groups excluding carboxylic acids is 2. The van der Waals surface area contributed by atoms with Crippen molar-refractivity contribution in [1.82, 2.24) is 5.32 Å². The first-order valence-corrected chi connectivity index (χ1v) is 10.1. The van der Waals surface area contributed by atoms with E-state index in [0.29, 0.717) is 17.0 Å². The second kappa shape index (κ2) is 9.80. The van der Waals surface area contributed by atoms with E-state index in [2.05, 4.69) is 16.0 Å². The molecule has 0 bridgehead atoms. The van der Waals surface area contributed by atoms with E-state index < -0.39 is 0 Å². The molecule has 0 heterocycles. The van der Waals surface area contributed by atoms with Crippen LogP contribution in [0.1, 0.15) is 31.1 Å². The second-order valence-electron chi connectivity index (χ2n) is 8.13. The summed E-state index contributed by atoms with van der Waals surface area (Å²) in [4.78, 5) is 24.6. The van der Waals surface area contributed by atoms with E-state index in [4.69, 9.17) is 4.74 Å². The molecule has 0 saturated carbocycles. The molecule has 31 heavy (non-hydrogen) atoms. The largest absolute Gasteiger partial charge is 0.457 e. The van der Waals surface area contributed by atoms with Crippen LogP contribution in [0.5, 0.6) is 11.5 Å². The third kappa shape index (κ3) is 7.19. The van der Waals surface area contributed by atoms with Crippen molar-refractivity contribution in [3.8, 4) is 11.5 Å². The molecule has 0 spiro atoms. The fraction of sp³-hybridized carbons (Fsp3) is 0.200. The Morgan fingerprint density at radius 3 is 2.16 bits per heavy atom. The van der Waals surface area contributed by atoms with Crippen LogP contribution in [0.25, 0.3) is 0 Å². The number of ether oxygens (including phenoxy) is 1. The first-order chi connectivity index (χ1) is 14.8. The summed E-state index contributed by atoms with van der Waals surface area (Å²) in [6, 6.07) is 23.8. The zero-order valence-electron chi connectivity index (χ0n) is 17.9. The average Bonchev–Trinajstić information content (AvgIpc) is 2.73. The Hall–Kier alpha value is -3.80. The molecule has 0 aromatic heterocycles. The van der Waals surface area contributed by atoms with Gasteiger partial charge in [0.1, 0.15) is 11.5 Å². The number of para-hydroxylation sites is 1. The molecule has 2 amide bonds. The summed E-state index contributed by atoms with van der Waals surface area (Å²) < 4.78 is 5.76. The van der Waals surface area contributed by atoms with Crippen LogP contribution in [0.4, 0.5) is 11.4 Å². The highest BCUT2D eigenvalue weighted by Gasteiger charge is 2.15. The second-order valence-corrected chi connectivity index (χ2v) is 8.13. The molecule has 3 aromatic rings. The summed E-state index contributed by atoms with van der Waals surface area (Å²) >= 11 is 0. The number of hydrogen-bond acceptors (Lipinski definition) is 4. The van der Waals surface area contributed by atoms with Gasteiger partial charge in [-0.3, -0.25) is 9.59 Å². The van der Waals surface area contributed by atoms with Crippen molar-refractivity contribution in [2.75, 3.05) is 17.2 Å². The van der Waals surface area contributed by atoms with Crippen LogP contribution in [0.3, 0.4) is 0 Å². The molecule has 0 radical (unpaired) electrons. The molecule has 3 N–H and O–H groups in total. The Kier molecular flexibility index (Phi) is 6.92. The minimum atomic E-state index is -0.331. The molecule has 3 rings (SSSR count). The van der Waals surface area contributed by atoms with E-state index in [1.54, 1.807) is 24.3 Å². The van der Waals surface area contributed by atoms with Gasteiger partial charge in [-0.25, -0.2) is 0 Å². The molecule has 0 aliphatic rings. The van der Waals surface area contributed by atoms with Crippen LogP contribution >= 0.6 is 0 Å². The maximum Gasteiger partial charge on any atom is 0.251 e. The van der Waals surface area contributed by atoms with Crippen molar-refractivity contribution in [1.29, 1.82) is 0 Å². The van der Waals surface area contributed by atoms with E-state index >= 15 is 0 Å². The van der Waals surface area contributed by atoms with E-state index in [9.17, 15) is 9.59 Å². The summed E-state index contributed by atoms with van der Waals surface area (Å²) in [5.74, 6) is 1.09. The van der Waals surface area contributed by atoms with Crippen LogP contribution in [-0.4, -0.2) is 23.9 Å². The summed E-state index contributed by atoms with van der Waals surface area (Å²) in [6.07, 6.45) is 0. The number of hydrogen-bond donors (Lipinski definition) is 3. The van der Waals surface area contributed by atoms with Crippen molar-refractivity contribution in [2.45, 2.75) is 26.3 Å². The quantitative estimate of drug-likeness (QED) is 0.502.